The van der Waals surface area contributed by atoms with E-state index >= 15 is 0 Å². The molecule has 0 aliphatic carbocycles. The molecular formula is C22H46O2S. The van der Waals surface area contributed by atoms with Crippen LogP contribution in [0, 0.1) is 10.8 Å². The maximum absolute atomic E-state index is 6.10. The second-order valence-corrected chi connectivity index (χ2v) is 12.2. The Balaban J connectivity index is 3.85. The van der Waals surface area contributed by atoms with Crippen LogP contribution in [0.1, 0.15) is 94.9 Å². The first-order valence-electron chi connectivity index (χ1n) is 9.98. The molecule has 0 aromatic carbocycles. The van der Waals surface area contributed by atoms with Crippen molar-refractivity contribution >= 4 is 11.8 Å². The van der Waals surface area contributed by atoms with Gasteiger partial charge in [0.1, 0.15) is 0 Å². The Bertz CT molecular complexity index is 314. The summed E-state index contributed by atoms with van der Waals surface area (Å²) in [6.07, 6.45) is 4.44. The zero-order valence-corrected chi connectivity index (χ0v) is 19.7. The van der Waals surface area contributed by atoms with E-state index < -0.39 is 0 Å². The van der Waals surface area contributed by atoms with Gasteiger partial charge in [-0.1, -0.05) is 41.5 Å². The van der Waals surface area contributed by atoms with Gasteiger partial charge in [0.2, 0.25) is 0 Å². The lowest BCUT2D eigenvalue weighted by Gasteiger charge is -2.29. The van der Waals surface area contributed by atoms with Crippen molar-refractivity contribution in [3.8, 4) is 0 Å². The van der Waals surface area contributed by atoms with Crippen molar-refractivity contribution in [3.05, 3.63) is 0 Å². The normalized spacial score (nSPS) is 14.2. The molecule has 152 valence electrons. The molecule has 0 aliphatic rings. The molecule has 25 heavy (non-hydrogen) atoms. The van der Waals surface area contributed by atoms with Crippen LogP contribution in [0.15, 0.2) is 0 Å². The Labute approximate surface area is 163 Å². The Hall–Kier alpha value is 0.270. The lowest BCUT2D eigenvalue weighted by Crippen LogP contribution is -2.28. The van der Waals surface area contributed by atoms with Crippen LogP contribution in [0.2, 0.25) is 0 Å². The van der Waals surface area contributed by atoms with Crippen molar-refractivity contribution in [1.29, 1.82) is 0 Å². The van der Waals surface area contributed by atoms with Crippen LogP contribution >= 0.6 is 11.8 Å². The maximum Gasteiger partial charge on any atom is 0.0634 e. The molecule has 0 fully saturated rings. The zero-order valence-electron chi connectivity index (χ0n) is 18.9. The van der Waals surface area contributed by atoms with E-state index in [2.05, 4.69) is 69.2 Å². The molecule has 0 aromatic rings. The van der Waals surface area contributed by atoms with Crippen molar-refractivity contribution in [2.75, 3.05) is 24.7 Å². The second kappa shape index (κ2) is 10.6. The molecule has 0 bridgehead atoms. The van der Waals surface area contributed by atoms with E-state index in [4.69, 9.17) is 9.47 Å². The average molecular weight is 375 g/mol. The topological polar surface area (TPSA) is 18.5 Å². The highest BCUT2D eigenvalue weighted by molar-refractivity contribution is 7.99. The van der Waals surface area contributed by atoms with Crippen LogP contribution in [0.3, 0.4) is 0 Å². The van der Waals surface area contributed by atoms with Gasteiger partial charge in [-0.2, -0.15) is 11.8 Å². The van der Waals surface area contributed by atoms with Crippen molar-refractivity contribution in [3.63, 3.8) is 0 Å². The lowest BCUT2D eigenvalue weighted by molar-refractivity contribution is -0.0294. The summed E-state index contributed by atoms with van der Waals surface area (Å²) in [5.41, 5.74) is 0.667. The van der Waals surface area contributed by atoms with E-state index in [1.807, 2.05) is 11.8 Å². The van der Waals surface area contributed by atoms with E-state index in [9.17, 15) is 0 Å². The predicted octanol–water partition coefficient (Wildman–Crippen LogP) is 6.96. The highest BCUT2D eigenvalue weighted by atomic mass is 32.2. The average Bonchev–Trinajstić information content (AvgIpc) is 2.34. The Morgan fingerprint density at radius 2 is 0.840 bits per heavy atom. The molecule has 0 heterocycles. The quantitative estimate of drug-likeness (QED) is 0.344. The monoisotopic (exact) mass is 374 g/mol. The summed E-state index contributed by atoms with van der Waals surface area (Å²) in [7, 11) is 0. The molecule has 0 atom stereocenters. The molecule has 0 N–H and O–H groups in total. The van der Waals surface area contributed by atoms with Crippen molar-refractivity contribution in [2.24, 2.45) is 10.8 Å². The number of hydrogen-bond donors (Lipinski definition) is 0. The molecule has 0 rings (SSSR count). The fourth-order valence-corrected chi connectivity index (χ4v) is 3.63. The second-order valence-electron chi connectivity index (χ2n) is 11.0. The summed E-state index contributed by atoms with van der Waals surface area (Å²) in [5.74, 6) is 2.31. The van der Waals surface area contributed by atoms with Gasteiger partial charge >= 0.3 is 0 Å². The molecule has 2 nitrogen and oxygen atoms in total. The van der Waals surface area contributed by atoms with Crippen LogP contribution in [0.25, 0.3) is 0 Å². The van der Waals surface area contributed by atoms with Gasteiger partial charge in [-0.05, 0) is 75.7 Å². The molecule has 0 unspecified atom stereocenters. The van der Waals surface area contributed by atoms with Gasteiger partial charge in [0.05, 0.1) is 11.2 Å². The first-order chi connectivity index (χ1) is 11.1. The molecule has 0 radical (unpaired) electrons. The molecule has 0 aromatic heterocycles. The summed E-state index contributed by atoms with van der Waals surface area (Å²) in [6.45, 7) is 24.2. The van der Waals surface area contributed by atoms with E-state index in [0.29, 0.717) is 10.8 Å². The largest absolute Gasteiger partial charge is 0.376 e. The SMILES string of the molecule is CC(C)(C)CCOC(C)(C)CCSCCC(C)(C)OCCC(C)(C)C. The molecule has 0 aliphatic heterocycles. The number of rotatable bonds is 12. The van der Waals surface area contributed by atoms with Gasteiger partial charge in [0.25, 0.3) is 0 Å². The predicted molar refractivity (Wildman–Crippen MR) is 115 cm³/mol. The zero-order chi connectivity index (χ0) is 19.8. The first kappa shape index (κ1) is 25.3. The van der Waals surface area contributed by atoms with Gasteiger partial charge in [0, 0.05) is 13.2 Å². The fourth-order valence-electron chi connectivity index (χ4n) is 2.15. The molecular weight excluding hydrogens is 328 g/mol. The minimum Gasteiger partial charge on any atom is -0.376 e. The van der Waals surface area contributed by atoms with Gasteiger partial charge in [-0.25, -0.2) is 0 Å². The third-order valence-corrected chi connectivity index (χ3v) is 5.37. The van der Waals surface area contributed by atoms with Crippen molar-refractivity contribution in [2.45, 2.75) is 106 Å². The summed E-state index contributed by atoms with van der Waals surface area (Å²) in [6, 6.07) is 0. The van der Waals surface area contributed by atoms with E-state index in [-0.39, 0.29) is 11.2 Å². The minimum atomic E-state index is -0.0169. The van der Waals surface area contributed by atoms with Gasteiger partial charge in [0.15, 0.2) is 0 Å². The summed E-state index contributed by atoms with van der Waals surface area (Å²) < 4.78 is 12.2. The van der Waals surface area contributed by atoms with E-state index in [0.717, 1.165) is 50.4 Å². The summed E-state index contributed by atoms with van der Waals surface area (Å²) in [4.78, 5) is 0. The van der Waals surface area contributed by atoms with Crippen LogP contribution in [0.5, 0.6) is 0 Å². The Morgan fingerprint density at radius 3 is 1.12 bits per heavy atom. The maximum atomic E-state index is 6.10. The van der Waals surface area contributed by atoms with Gasteiger partial charge in [-0.15, -0.1) is 0 Å². The number of hydrogen-bond acceptors (Lipinski definition) is 3. The van der Waals surface area contributed by atoms with Crippen LogP contribution in [0.4, 0.5) is 0 Å². The fraction of sp³-hybridized carbons (Fsp3) is 1.00. The van der Waals surface area contributed by atoms with Gasteiger partial charge in [-0.3, -0.25) is 0 Å². The highest BCUT2D eigenvalue weighted by Crippen LogP contribution is 2.25. The Kier molecular flexibility index (Phi) is 10.7. The van der Waals surface area contributed by atoms with Crippen LogP contribution < -0.4 is 0 Å². The first-order valence-corrected chi connectivity index (χ1v) is 11.1. The van der Waals surface area contributed by atoms with Crippen LogP contribution in [-0.4, -0.2) is 35.9 Å². The molecule has 0 saturated heterocycles. The molecule has 0 amide bonds. The number of ether oxygens (including phenoxy) is 2. The highest BCUT2D eigenvalue weighted by Gasteiger charge is 2.22. The minimum absolute atomic E-state index is 0.0169. The third-order valence-electron chi connectivity index (χ3n) is 4.39. The van der Waals surface area contributed by atoms with E-state index in [1.54, 1.807) is 0 Å². The van der Waals surface area contributed by atoms with Crippen LogP contribution in [-0.2, 0) is 9.47 Å². The van der Waals surface area contributed by atoms with Crippen molar-refractivity contribution in [1.82, 2.24) is 0 Å². The number of thioether (sulfide) groups is 1. The third kappa shape index (κ3) is 17.4. The standard InChI is InChI=1S/C22H46O2S/c1-19(2,3)11-15-23-21(7,8)13-17-25-18-14-22(9,10)24-16-12-20(4,5)6/h11-18H2,1-10H3. The summed E-state index contributed by atoms with van der Waals surface area (Å²) >= 11 is 2.02. The molecule has 3 heteroatoms. The van der Waals surface area contributed by atoms with Gasteiger partial charge < -0.3 is 9.47 Å². The smallest absolute Gasteiger partial charge is 0.0634 e. The summed E-state index contributed by atoms with van der Waals surface area (Å²) in [5, 5.41) is 0. The lowest BCUT2D eigenvalue weighted by atomic mass is 9.93. The van der Waals surface area contributed by atoms with E-state index in [1.165, 1.54) is 0 Å². The molecule has 0 saturated carbocycles. The Morgan fingerprint density at radius 1 is 0.520 bits per heavy atom. The molecule has 0 spiro atoms. The van der Waals surface area contributed by atoms with Crippen molar-refractivity contribution < 1.29 is 9.47 Å².